The van der Waals surface area contributed by atoms with Crippen LogP contribution in [0.25, 0.3) is 32.7 Å². The van der Waals surface area contributed by atoms with E-state index in [4.69, 9.17) is 9.07 Å². The van der Waals surface area contributed by atoms with Crippen molar-refractivity contribution in [3.63, 3.8) is 0 Å². The maximum absolute atomic E-state index is 10.3. The molecule has 3 nitrogen and oxygen atoms in total. The second kappa shape index (κ2) is 5.87. The van der Waals surface area contributed by atoms with Crippen molar-refractivity contribution in [2.24, 2.45) is 0 Å². The number of hydrogen-bond donors (Lipinski definition) is 1. The van der Waals surface area contributed by atoms with Gasteiger partial charge >= 0.3 is 7.48 Å². The summed E-state index contributed by atoms with van der Waals surface area (Å²) in [6.07, 6.45) is 0. The van der Waals surface area contributed by atoms with Gasteiger partial charge in [0.15, 0.2) is 0 Å². The Morgan fingerprint density at radius 3 is 2.42 bits per heavy atom. The smallest absolute Gasteiger partial charge is 0.331 e. The minimum atomic E-state index is -0.966. The Morgan fingerprint density at radius 2 is 1.65 bits per heavy atom. The average molecular weight is 345 g/mol. The molecular formula is C22H22BO3. The molecule has 131 valence electrons. The minimum absolute atomic E-state index is 0.721. The highest BCUT2D eigenvalue weighted by Crippen LogP contribution is 2.33. The van der Waals surface area contributed by atoms with Gasteiger partial charge < -0.3 is 14.2 Å². The molecule has 0 saturated carbocycles. The molecule has 1 radical (unpaired) electrons. The number of hydrogen-bond acceptors (Lipinski definition) is 3. The first kappa shape index (κ1) is 17.1. The second-order valence-corrected chi connectivity index (χ2v) is 7.79. The molecule has 0 aliphatic carbocycles. The fourth-order valence-corrected chi connectivity index (χ4v) is 3.03. The lowest BCUT2D eigenvalue weighted by molar-refractivity contribution is -0.0893. The van der Waals surface area contributed by atoms with Crippen LogP contribution in [0.1, 0.15) is 27.7 Å². The predicted molar refractivity (Wildman–Crippen MR) is 108 cm³/mol. The normalized spacial score (nSPS) is 13.0. The number of aliphatic hydroxyl groups is 1. The zero-order valence-corrected chi connectivity index (χ0v) is 15.5. The van der Waals surface area contributed by atoms with E-state index < -0.39 is 11.2 Å². The Hall–Kier alpha value is -2.30. The molecule has 4 heteroatoms. The molecule has 0 aliphatic heterocycles. The van der Waals surface area contributed by atoms with Gasteiger partial charge in [-0.2, -0.15) is 0 Å². The summed E-state index contributed by atoms with van der Waals surface area (Å²) in [5.41, 5.74) is 0.970. The van der Waals surface area contributed by atoms with E-state index in [2.05, 4.69) is 24.3 Å². The van der Waals surface area contributed by atoms with Gasteiger partial charge in [0.25, 0.3) is 0 Å². The third-order valence-corrected chi connectivity index (χ3v) is 5.37. The van der Waals surface area contributed by atoms with Crippen LogP contribution in [-0.2, 0) is 4.65 Å². The molecule has 1 aromatic heterocycles. The minimum Gasteiger partial charge on any atom is -0.455 e. The van der Waals surface area contributed by atoms with Crippen molar-refractivity contribution >= 4 is 45.7 Å². The molecule has 4 aromatic rings. The molecule has 0 bridgehead atoms. The van der Waals surface area contributed by atoms with E-state index in [1.165, 1.54) is 0 Å². The van der Waals surface area contributed by atoms with Gasteiger partial charge in [0, 0.05) is 16.2 Å². The van der Waals surface area contributed by atoms with Gasteiger partial charge in [-0.05, 0) is 50.7 Å². The van der Waals surface area contributed by atoms with Crippen molar-refractivity contribution in [2.45, 2.75) is 38.9 Å². The van der Waals surface area contributed by atoms with Crippen LogP contribution in [0.4, 0.5) is 0 Å². The average Bonchev–Trinajstić information content (AvgIpc) is 2.98. The van der Waals surface area contributed by atoms with Gasteiger partial charge in [-0.25, -0.2) is 0 Å². The Morgan fingerprint density at radius 1 is 0.885 bits per heavy atom. The number of fused-ring (bicyclic) bond motifs is 5. The van der Waals surface area contributed by atoms with Crippen LogP contribution in [-0.4, -0.2) is 23.8 Å². The summed E-state index contributed by atoms with van der Waals surface area (Å²) in [5, 5.41) is 14.7. The van der Waals surface area contributed by atoms with Crippen molar-refractivity contribution in [2.75, 3.05) is 0 Å². The number of rotatable bonds is 4. The molecule has 0 spiro atoms. The SMILES string of the molecule is CC(C)(O)C(C)(C)O[B]c1cccc2oc3c4ccccc4ccc3c12. The lowest BCUT2D eigenvalue weighted by Gasteiger charge is -2.37. The lowest BCUT2D eigenvalue weighted by Crippen LogP contribution is -2.49. The highest BCUT2D eigenvalue weighted by Gasteiger charge is 2.36. The Balaban J connectivity index is 1.85. The number of furan rings is 1. The maximum Gasteiger partial charge on any atom is 0.331 e. The van der Waals surface area contributed by atoms with Gasteiger partial charge in [-0.3, -0.25) is 0 Å². The van der Waals surface area contributed by atoms with E-state index in [9.17, 15) is 5.11 Å². The van der Waals surface area contributed by atoms with Crippen molar-refractivity contribution < 1.29 is 14.2 Å². The molecule has 4 rings (SSSR count). The first-order valence-electron chi connectivity index (χ1n) is 8.84. The van der Waals surface area contributed by atoms with Crippen LogP contribution in [0, 0.1) is 0 Å². The van der Waals surface area contributed by atoms with Gasteiger partial charge in [-0.1, -0.05) is 42.5 Å². The van der Waals surface area contributed by atoms with E-state index in [1.807, 2.05) is 44.2 Å². The van der Waals surface area contributed by atoms with Gasteiger partial charge in [0.05, 0.1) is 11.2 Å². The Labute approximate surface area is 153 Å². The van der Waals surface area contributed by atoms with Crippen molar-refractivity contribution in [1.82, 2.24) is 0 Å². The number of benzene rings is 3. The summed E-state index contributed by atoms with van der Waals surface area (Å²) in [7, 11) is 1.73. The van der Waals surface area contributed by atoms with Gasteiger partial charge in [-0.15, -0.1) is 0 Å². The van der Waals surface area contributed by atoms with Crippen LogP contribution < -0.4 is 5.46 Å². The summed E-state index contributed by atoms with van der Waals surface area (Å²) in [6, 6.07) is 18.4. The van der Waals surface area contributed by atoms with E-state index >= 15 is 0 Å². The summed E-state index contributed by atoms with van der Waals surface area (Å²) in [4.78, 5) is 0. The summed E-state index contributed by atoms with van der Waals surface area (Å²) in [6.45, 7) is 7.26. The van der Waals surface area contributed by atoms with Crippen molar-refractivity contribution in [1.29, 1.82) is 0 Å². The first-order valence-corrected chi connectivity index (χ1v) is 8.84. The molecule has 0 amide bonds. The zero-order valence-electron chi connectivity index (χ0n) is 15.5. The third kappa shape index (κ3) is 2.70. The van der Waals surface area contributed by atoms with E-state index in [1.54, 1.807) is 21.3 Å². The fraction of sp³-hybridized carbons (Fsp3) is 0.273. The Bertz CT molecular complexity index is 1100. The van der Waals surface area contributed by atoms with E-state index in [0.29, 0.717) is 0 Å². The molecular weight excluding hydrogens is 323 g/mol. The van der Waals surface area contributed by atoms with Gasteiger partial charge in [0.2, 0.25) is 0 Å². The highest BCUT2D eigenvalue weighted by atomic mass is 16.5. The van der Waals surface area contributed by atoms with Crippen molar-refractivity contribution in [3.05, 3.63) is 54.6 Å². The first-order chi connectivity index (χ1) is 12.3. The van der Waals surface area contributed by atoms with Crippen LogP contribution in [0.15, 0.2) is 59.0 Å². The zero-order chi connectivity index (χ0) is 18.5. The van der Waals surface area contributed by atoms with Gasteiger partial charge in [0.1, 0.15) is 11.2 Å². The molecule has 0 atom stereocenters. The van der Waals surface area contributed by atoms with Crippen LogP contribution in [0.3, 0.4) is 0 Å². The predicted octanol–water partition coefficient (Wildman–Crippen LogP) is 4.55. The summed E-state index contributed by atoms with van der Waals surface area (Å²) < 4.78 is 12.2. The second-order valence-electron chi connectivity index (χ2n) is 7.79. The van der Waals surface area contributed by atoms with Crippen LogP contribution in [0.2, 0.25) is 0 Å². The summed E-state index contributed by atoms with van der Waals surface area (Å²) in [5.74, 6) is 0. The maximum atomic E-state index is 10.3. The van der Waals surface area contributed by atoms with Crippen LogP contribution >= 0.6 is 0 Å². The van der Waals surface area contributed by atoms with Crippen LogP contribution in [0.5, 0.6) is 0 Å². The molecule has 0 fully saturated rings. The fourth-order valence-electron chi connectivity index (χ4n) is 3.03. The third-order valence-electron chi connectivity index (χ3n) is 5.37. The quantitative estimate of drug-likeness (QED) is 0.552. The largest absolute Gasteiger partial charge is 0.455 e. The topological polar surface area (TPSA) is 42.6 Å². The molecule has 0 saturated heterocycles. The molecule has 0 aliphatic rings. The lowest BCUT2D eigenvalue weighted by atomic mass is 9.80. The Kier molecular flexibility index (Phi) is 3.87. The molecule has 26 heavy (non-hydrogen) atoms. The molecule has 1 N–H and O–H groups in total. The molecule has 3 aromatic carbocycles. The summed E-state index contributed by atoms with van der Waals surface area (Å²) >= 11 is 0. The highest BCUT2D eigenvalue weighted by molar-refractivity contribution is 6.53. The van der Waals surface area contributed by atoms with E-state index in [0.717, 1.165) is 38.2 Å². The molecule has 1 heterocycles. The van der Waals surface area contributed by atoms with E-state index in [-0.39, 0.29) is 0 Å². The monoisotopic (exact) mass is 345 g/mol. The van der Waals surface area contributed by atoms with Crippen molar-refractivity contribution in [3.8, 4) is 0 Å². The standard InChI is InChI=1S/C22H22BO3/c1-21(2,24)22(3,4)26-23-17-10-7-11-18-19(17)16-13-12-14-8-5-6-9-15(14)20(16)25-18/h5-13,24H,1-4H3. The molecule has 0 unspecified atom stereocenters.